The second kappa shape index (κ2) is 10.3. The fraction of sp³-hybridized carbons (Fsp3) is 0.333. The lowest BCUT2D eigenvalue weighted by molar-refractivity contribution is 0.109. The maximum atomic E-state index is 5.91. The summed E-state index contributed by atoms with van der Waals surface area (Å²) in [5.74, 6) is 1.71. The number of nitrogens with one attached hydrogen (secondary N) is 1. The molecule has 0 bridgehead atoms. The summed E-state index contributed by atoms with van der Waals surface area (Å²) in [6, 6.07) is 16.2. The molecular formula is C18H23NO3P2S4. The second-order valence-corrected chi connectivity index (χ2v) is 27.2. The van der Waals surface area contributed by atoms with Gasteiger partial charge in [-0.25, -0.2) is 0 Å². The Morgan fingerprint density at radius 3 is 1.43 bits per heavy atom. The van der Waals surface area contributed by atoms with E-state index in [1.54, 1.807) is 14.2 Å². The molecule has 4 rings (SSSR count). The highest BCUT2D eigenvalue weighted by Gasteiger charge is 2.45. The fourth-order valence-electron chi connectivity index (χ4n) is 2.52. The minimum Gasteiger partial charge on any atom is -0.497 e. The van der Waals surface area contributed by atoms with Crippen molar-refractivity contribution in [2.24, 2.45) is 0 Å². The number of ether oxygens (including phenoxy) is 3. The van der Waals surface area contributed by atoms with Crippen molar-refractivity contribution in [1.82, 2.24) is 5.32 Å². The molecule has 2 aromatic carbocycles. The summed E-state index contributed by atoms with van der Waals surface area (Å²) < 4.78 is 12.1. The van der Waals surface area contributed by atoms with Gasteiger partial charge in [0.1, 0.15) is 11.5 Å². The third-order valence-corrected chi connectivity index (χ3v) is 35.3. The predicted molar refractivity (Wildman–Crippen MR) is 133 cm³/mol. The van der Waals surface area contributed by atoms with Gasteiger partial charge in [-0.05, 0) is 48.5 Å². The van der Waals surface area contributed by atoms with Crippen LogP contribution in [0.1, 0.15) is 0 Å². The summed E-state index contributed by atoms with van der Waals surface area (Å²) in [7, 11) is 3.34. The van der Waals surface area contributed by atoms with Gasteiger partial charge < -0.3 is 19.5 Å². The first-order valence-electron chi connectivity index (χ1n) is 8.69. The standard InChI is InChI=1S/C14H14O2P2S4.C4H9NO/c1-15-11-3-7-13(8-4-11)17(19)21-18(20,22-17)14-9-5-12(16-2)6-10-14;1-3-6-4-2-5-1/h3-10H,1-2H3;5H,1-4H2. The highest BCUT2D eigenvalue weighted by atomic mass is 33.7. The van der Waals surface area contributed by atoms with Crippen molar-refractivity contribution >= 4 is 65.1 Å². The van der Waals surface area contributed by atoms with Crippen molar-refractivity contribution in [3.63, 3.8) is 0 Å². The van der Waals surface area contributed by atoms with Crippen LogP contribution >= 0.6 is 30.9 Å². The molecule has 2 aromatic rings. The smallest absolute Gasteiger partial charge is 0.118 e. The molecule has 28 heavy (non-hydrogen) atoms. The molecule has 0 amide bonds. The van der Waals surface area contributed by atoms with Crippen molar-refractivity contribution in [3.8, 4) is 11.5 Å². The Hall–Kier alpha value is -0.0400. The van der Waals surface area contributed by atoms with E-state index < -0.39 is 8.88 Å². The predicted octanol–water partition coefficient (Wildman–Crippen LogP) is 4.36. The van der Waals surface area contributed by atoms with E-state index in [0.29, 0.717) is 0 Å². The van der Waals surface area contributed by atoms with Crippen LogP contribution in [0.3, 0.4) is 0 Å². The average molecular weight is 492 g/mol. The molecule has 2 aliphatic heterocycles. The molecule has 0 saturated carbocycles. The van der Waals surface area contributed by atoms with Crippen LogP contribution in [0.4, 0.5) is 0 Å². The molecule has 0 atom stereocenters. The molecule has 0 aliphatic carbocycles. The molecule has 2 saturated heterocycles. The molecule has 2 heterocycles. The van der Waals surface area contributed by atoms with Gasteiger partial charge in [-0.1, -0.05) is 45.6 Å². The van der Waals surface area contributed by atoms with Gasteiger partial charge in [0.2, 0.25) is 0 Å². The maximum Gasteiger partial charge on any atom is 0.118 e. The van der Waals surface area contributed by atoms with Crippen LogP contribution in [-0.2, 0) is 28.4 Å². The molecule has 4 nitrogen and oxygen atoms in total. The molecule has 1 N–H and O–H groups in total. The Kier molecular flexibility index (Phi) is 8.34. The van der Waals surface area contributed by atoms with E-state index in [2.05, 4.69) is 29.6 Å². The summed E-state index contributed by atoms with van der Waals surface area (Å²) in [6.45, 7) is 3.83. The zero-order valence-electron chi connectivity index (χ0n) is 15.7. The van der Waals surface area contributed by atoms with Crippen molar-refractivity contribution in [3.05, 3.63) is 48.5 Å². The van der Waals surface area contributed by atoms with E-state index in [1.165, 1.54) is 10.6 Å². The van der Waals surface area contributed by atoms with Crippen LogP contribution in [0, 0.1) is 0 Å². The number of rotatable bonds is 4. The van der Waals surface area contributed by atoms with E-state index in [-0.39, 0.29) is 0 Å². The summed E-state index contributed by atoms with van der Waals surface area (Å²) in [5, 5.41) is 5.59. The Balaban J connectivity index is 0.000000320. The van der Waals surface area contributed by atoms with Gasteiger partial charge in [-0.3, -0.25) is 0 Å². The highest BCUT2D eigenvalue weighted by molar-refractivity contribution is 9.48. The van der Waals surface area contributed by atoms with Crippen LogP contribution in [0.5, 0.6) is 11.5 Å². The lowest BCUT2D eigenvalue weighted by Crippen LogP contribution is -2.30. The number of morpholine rings is 1. The SMILES string of the molecule is C1COCCN1.COc1ccc(P2(=S)SP(=S)(c3ccc(OC)cc3)S2)cc1. The van der Waals surface area contributed by atoms with Crippen molar-refractivity contribution in [2.45, 2.75) is 0 Å². The van der Waals surface area contributed by atoms with E-state index in [4.69, 9.17) is 37.8 Å². The Morgan fingerprint density at radius 2 is 1.18 bits per heavy atom. The minimum atomic E-state index is -1.66. The molecule has 152 valence electrons. The maximum absolute atomic E-state index is 5.91. The molecule has 0 aromatic heterocycles. The molecule has 2 fully saturated rings. The van der Waals surface area contributed by atoms with Gasteiger partial charge in [-0.15, -0.1) is 0 Å². The molecule has 2 aliphatic rings. The summed E-state index contributed by atoms with van der Waals surface area (Å²) in [4.78, 5) is 0. The average Bonchev–Trinajstić information content (AvgIpc) is 2.74. The minimum absolute atomic E-state index is 0.857. The largest absolute Gasteiger partial charge is 0.497 e. The quantitative estimate of drug-likeness (QED) is 0.633. The summed E-state index contributed by atoms with van der Waals surface area (Å²) >= 11 is 15.5. The summed E-state index contributed by atoms with van der Waals surface area (Å²) in [6.07, 6.45) is 0. The van der Waals surface area contributed by atoms with Gasteiger partial charge in [0.25, 0.3) is 0 Å². The van der Waals surface area contributed by atoms with Gasteiger partial charge in [-0.2, -0.15) is 0 Å². The van der Waals surface area contributed by atoms with Gasteiger partial charge >= 0.3 is 0 Å². The molecule has 0 unspecified atom stereocenters. The monoisotopic (exact) mass is 491 g/mol. The normalized spacial score (nSPS) is 26.4. The van der Waals surface area contributed by atoms with Crippen molar-refractivity contribution < 1.29 is 14.2 Å². The molecule has 0 radical (unpaired) electrons. The highest BCUT2D eigenvalue weighted by Crippen LogP contribution is 3.04. The van der Waals surface area contributed by atoms with E-state index in [0.717, 1.165) is 37.8 Å². The molecule has 10 heteroatoms. The molecule has 0 spiro atoms. The van der Waals surface area contributed by atoms with Gasteiger partial charge in [0, 0.05) is 23.7 Å². The van der Waals surface area contributed by atoms with Crippen molar-refractivity contribution in [2.75, 3.05) is 40.5 Å². The Labute approximate surface area is 184 Å². The lowest BCUT2D eigenvalue weighted by atomic mass is 10.3. The second-order valence-electron chi connectivity index (χ2n) is 5.92. The first-order valence-corrected chi connectivity index (χ1v) is 18.4. The number of hydrogen-bond donors (Lipinski definition) is 1. The van der Waals surface area contributed by atoms with E-state index in [9.17, 15) is 0 Å². The number of hydrogen-bond acceptors (Lipinski definition) is 8. The van der Waals surface area contributed by atoms with Crippen molar-refractivity contribution in [1.29, 1.82) is 0 Å². The van der Waals surface area contributed by atoms with Crippen LogP contribution in [0.15, 0.2) is 48.5 Å². The van der Waals surface area contributed by atoms with E-state index >= 15 is 0 Å². The van der Waals surface area contributed by atoms with Crippen LogP contribution in [0.25, 0.3) is 0 Å². The number of benzene rings is 2. The van der Waals surface area contributed by atoms with Crippen LogP contribution in [-0.4, -0.2) is 40.5 Å². The Bertz CT molecular complexity index is 782. The van der Waals surface area contributed by atoms with Crippen LogP contribution < -0.4 is 25.4 Å². The summed E-state index contributed by atoms with van der Waals surface area (Å²) in [5.41, 5.74) is 0. The van der Waals surface area contributed by atoms with Gasteiger partial charge in [0.05, 0.1) is 36.3 Å². The first kappa shape index (κ1) is 22.6. The van der Waals surface area contributed by atoms with E-state index in [1.807, 2.05) is 46.3 Å². The third kappa shape index (κ3) is 5.55. The first-order chi connectivity index (χ1) is 13.5. The lowest BCUT2D eigenvalue weighted by Gasteiger charge is -2.40. The topological polar surface area (TPSA) is 39.7 Å². The van der Waals surface area contributed by atoms with Gasteiger partial charge in [0.15, 0.2) is 0 Å². The van der Waals surface area contributed by atoms with Crippen LogP contribution in [0.2, 0.25) is 0 Å². The fourth-order valence-corrected chi connectivity index (χ4v) is 44.8. The zero-order valence-corrected chi connectivity index (χ0v) is 20.8. The third-order valence-electron chi connectivity index (χ3n) is 4.05. The molecular weight excluding hydrogens is 468 g/mol. The number of methoxy groups -OCH3 is 2. The zero-order chi connectivity index (χ0) is 20.0. The Morgan fingerprint density at radius 1 is 0.786 bits per heavy atom.